The number of esters is 1. The van der Waals surface area contributed by atoms with Crippen molar-refractivity contribution in [3.05, 3.63) is 35.5 Å². The van der Waals surface area contributed by atoms with Crippen LogP contribution in [0.5, 0.6) is 0 Å². The van der Waals surface area contributed by atoms with Crippen molar-refractivity contribution in [2.75, 3.05) is 0 Å². The van der Waals surface area contributed by atoms with Gasteiger partial charge in [0.2, 0.25) is 0 Å². The highest BCUT2D eigenvalue weighted by molar-refractivity contribution is 5.66. The maximum absolute atomic E-state index is 11.4. The quantitative estimate of drug-likeness (QED) is 0.383. The van der Waals surface area contributed by atoms with E-state index in [4.69, 9.17) is 4.74 Å². The van der Waals surface area contributed by atoms with Crippen LogP contribution in [-0.4, -0.2) is 12.1 Å². The van der Waals surface area contributed by atoms with Crippen molar-refractivity contribution >= 4 is 5.97 Å². The van der Waals surface area contributed by atoms with Gasteiger partial charge in [-0.1, -0.05) is 71.3 Å². The molecule has 3 aliphatic carbocycles. The molecule has 0 heterocycles. The molecule has 174 valence electrons. The van der Waals surface area contributed by atoms with Crippen LogP contribution in [-0.2, 0) is 9.53 Å². The van der Waals surface area contributed by atoms with E-state index in [0.717, 1.165) is 48.5 Å². The molecule has 0 aromatic heterocycles. The van der Waals surface area contributed by atoms with E-state index < -0.39 is 0 Å². The molecule has 2 heteroatoms. The molecule has 0 N–H and O–H groups in total. The summed E-state index contributed by atoms with van der Waals surface area (Å²) in [5, 5.41) is 0. The van der Waals surface area contributed by atoms with Gasteiger partial charge < -0.3 is 4.74 Å². The van der Waals surface area contributed by atoms with Crippen LogP contribution >= 0.6 is 0 Å². The zero-order valence-corrected chi connectivity index (χ0v) is 20.8. The number of hydrogen-bond acceptors (Lipinski definition) is 2. The first-order chi connectivity index (χ1) is 14.7. The molecule has 31 heavy (non-hydrogen) atoms. The number of carbonyl (C=O) groups is 1. The third kappa shape index (κ3) is 5.74. The van der Waals surface area contributed by atoms with E-state index in [1.807, 2.05) is 0 Å². The lowest BCUT2D eigenvalue weighted by Crippen LogP contribution is -2.36. The fourth-order valence-corrected chi connectivity index (χ4v) is 7.01. The van der Waals surface area contributed by atoms with Crippen LogP contribution < -0.4 is 0 Å². The van der Waals surface area contributed by atoms with E-state index in [1.165, 1.54) is 63.9 Å². The van der Waals surface area contributed by atoms with Crippen molar-refractivity contribution in [2.45, 2.75) is 111 Å². The van der Waals surface area contributed by atoms with Crippen molar-refractivity contribution in [3.8, 4) is 0 Å². The molecular weight excluding hydrogens is 380 g/mol. The monoisotopic (exact) mass is 426 g/mol. The van der Waals surface area contributed by atoms with Crippen LogP contribution in [0, 0.1) is 29.1 Å². The molecule has 3 aliphatic rings. The van der Waals surface area contributed by atoms with E-state index in [2.05, 4.69) is 46.4 Å². The first kappa shape index (κ1) is 24.3. The van der Waals surface area contributed by atoms with E-state index in [0.29, 0.717) is 5.41 Å². The van der Waals surface area contributed by atoms with E-state index in [1.54, 1.807) is 5.57 Å². The van der Waals surface area contributed by atoms with Gasteiger partial charge in [0, 0.05) is 6.92 Å². The maximum atomic E-state index is 11.4. The van der Waals surface area contributed by atoms with Gasteiger partial charge in [0.1, 0.15) is 6.10 Å². The van der Waals surface area contributed by atoms with Gasteiger partial charge in [-0.2, -0.15) is 0 Å². The number of ether oxygens (including phenoxy) is 1. The lowest BCUT2D eigenvalue weighted by atomic mass is 9.60. The van der Waals surface area contributed by atoms with Gasteiger partial charge in [0.05, 0.1) is 0 Å². The molecule has 3 rings (SSSR count). The number of rotatable bonds is 7. The normalized spacial score (nSPS) is 34.9. The lowest BCUT2D eigenvalue weighted by Gasteiger charge is -2.44. The first-order valence-corrected chi connectivity index (χ1v) is 13.0. The van der Waals surface area contributed by atoms with Crippen molar-refractivity contribution in [1.29, 1.82) is 0 Å². The van der Waals surface area contributed by atoms with Gasteiger partial charge in [0.25, 0.3) is 0 Å². The maximum Gasteiger partial charge on any atom is 0.303 e. The predicted molar refractivity (Wildman–Crippen MR) is 131 cm³/mol. The molecule has 0 amide bonds. The Bertz CT molecular complexity index is 712. The van der Waals surface area contributed by atoms with E-state index in [-0.39, 0.29) is 12.1 Å². The SMILES string of the molecule is C=C1/C(=C\C=C2/CCC[C@]3(C)[C@@H]([C@H](C)CCCC(C)C)CC[C@@H]23)CCC[C@@H]1OC(C)=O. The Morgan fingerprint density at radius 3 is 2.61 bits per heavy atom. The zero-order chi connectivity index (χ0) is 22.6. The number of allylic oxidation sites excluding steroid dienone is 3. The third-order valence-corrected chi connectivity index (χ3v) is 8.69. The Labute approximate surface area is 191 Å². The molecule has 0 aromatic rings. The minimum atomic E-state index is -0.201. The highest BCUT2D eigenvalue weighted by Gasteiger charge is 2.50. The van der Waals surface area contributed by atoms with Gasteiger partial charge in [-0.3, -0.25) is 4.79 Å². The van der Waals surface area contributed by atoms with Crippen molar-refractivity contribution < 1.29 is 9.53 Å². The summed E-state index contributed by atoms with van der Waals surface area (Å²) in [6, 6.07) is 0. The van der Waals surface area contributed by atoms with Crippen LogP contribution in [0.25, 0.3) is 0 Å². The van der Waals surface area contributed by atoms with Crippen LogP contribution in [0.3, 0.4) is 0 Å². The average Bonchev–Trinajstić information content (AvgIpc) is 3.05. The topological polar surface area (TPSA) is 26.3 Å². The molecule has 0 unspecified atom stereocenters. The fourth-order valence-electron chi connectivity index (χ4n) is 7.01. The summed E-state index contributed by atoms with van der Waals surface area (Å²) in [7, 11) is 0. The zero-order valence-electron chi connectivity index (χ0n) is 20.8. The summed E-state index contributed by atoms with van der Waals surface area (Å²) < 4.78 is 5.50. The highest BCUT2D eigenvalue weighted by Crippen LogP contribution is 2.60. The molecule has 0 aliphatic heterocycles. The largest absolute Gasteiger partial charge is 0.458 e. The highest BCUT2D eigenvalue weighted by atomic mass is 16.5. The fraction of sp³-hybridized carbons (Fsp3) is 0.759. The molecule has 5 atom stereocenters. The van der Waals surface area contributed by atoms with Crippen molar-refractivity contribution in [3.63, 3.8) is 0 Å². The summed E-state index contributed by atoms with van der Waals surface area (Å²) in [6.45, 7) is 15.6. The summed E-state index contributed by atoms with van der Waals surface area (Å²) >= 11 is 0. The van der Waals surface area contributed by atoms with Gasteiger partial charge in [-0.15, -0.1) is 0 Å². The Morgan fingerprint density at radius 2 is 1.90 bits per heavy atom. The standard InChI is InChI=1S/C29H46O2/c1-20(2)10-7-11-21(3)26-17-18-27-25(13-9-19-29(26,27)6)16-15-24-12-8-14-28(22(24)4)31-23(5)30/h15-16,20-21,26-28H,4,7-14,17-19H2,1-3,5-6H3/b24-15-,25-16+/t21-,26-,27+,28+,29-/m1/s1. The third-order valence-electron chi connectivity index (χ3n) is 8.69. The van der Waals surface area contributed by atoms with Crippen LogP contribution in [0.2, 0.25) is 0 Å². The first-order valence-electron chi connectivity index (χ1n) is 13.0. The number of hydrogen-bond donors (Lipinski definition) is 0. The van der Waals surface area contributed by atoms with Gasteiger partial charge in [0.15, 0.2) is 0 Å². The molecule has 0 saturated heterocycles. The molecule has 2 nitrogen and oxygen atoms in total. The van der Waals surface area contributed by atoms with Gasteiger partial charge >= 0.3 is 5.97 Å². The predicted octanol–water partition coefficient (Wildman–Crippen LogP) is 8.19. The van der Waals surface area contributed by atoms with E-state index in [9.17, 15) is 4.79 Å². The molecule has 3 saturated carbocycles. The summed E-state index contributed by atoms with van der Waals surface area (Å²) in [5.74, 6) is 3.09. The lowest BCUT2D eigenvalue weighted by molar-refractivity contribution is -0.145. The molecule has 0 radical (unpaired) electrons. The van der Waals surface area contributed by atoms with Crippen molar-refractivity contribution in [2.24, 2.45) is 29.1 Å². The molecule has 3 fully saturated rings. The molecule has 0 bridgehead atoms. The van der Waals surface area contributed by atoms with Crippen LogP contribution in [0.1, 0.15) is 105 Å². The minimum Gasteiger partial charge on any atom is -0.458 e. The Kier molecular flexibility index (Phi) is 8.27. The summed E-state index contributed by atoms with van der Waals surface area (Å²) in [6.07, 6.45) is 18.5. The molecule has 0 spiro atoms. The van der Waals surface area contributed by atoms with Gasteiger partial charge in [-0.05, 0) is 91.6 Å². The number of fused-ring (bicyclic) bond motifs is 1. The summed E-state index contributed by atoms with van der Waals surface area (Å²) in [4.78, 5) is 11.4. The van der Waals surface area contributed by atoms with Gasteiger partial charge in [-0.25, -0.2) is 0 Å². The average molecular weight is 427 g/mol. The smallest absolute Gasteiger partial charge is 0.303 e. The second-order valence-electron chi connectivity index (χ2n) is 11.3. The second kappa shape index (κ2) is 10.5. The Hall–Kier alpha value is -1.31. The second-order valence-corrected chi connectivity index (χ2v) is 11.3. The van der Waals surface area contributed by atoms with E-state index >= 15 is 0 Å². The minimum absolute atomic E-state index is 0.130. The molecule has 0 aromatic carbocycles. The molecular formula is C29H46O2. The Morgan fingerprint density at radius 1 is 1.13 bits per heavy atom. The van der Waals surface area contributed by atoms with Crippen LogP contribution in [0.4, 0.5) is 0 Å². The summed E-state index contributed by atoms with van der Waals surface area (Å²) in [5.41, 5.74) is 4.44. The van der Waals surface area contributed by atoms with Crippen molar-refractivity contribution in [1.82, 2.24) is 0 Å². The van der Waals surface area contributed by atoms with Crippen LogP contribution in [0.15, 0.2) is 35.5 Å². The Balaban J connectivity index is 1.70. The number of carbonyl (C=O) groups excluding carboxylic acids is 1.